The van der Waals surface area contributed by atoms with Crippen LogP contribution in [-0.2, 0) is 16.1 Å². The summed E-state index contributed by atoms with van der Waals surface area (Å²) in [6.07, 6.45) is 3.07. The van der Waals surface area contributed by atoms with E-state index in [-0.39, 0.29) is 12.5 Å². The maximum absolute atomic E-state index is 12.1. The maximum Gasteiger partial charge on any atom is 0.260 e. The molecule has 0 aliphatic carbocycles. The minimum absolute atomic E-state index is 0.0227. The molecule has 1 saturated heterocycles. The average Bonchev–Trinajstić information content (AvgIpc) is 3.34. The lowest BCUT2D eigenvalue weighted by Gasteiger charge is -2.26. The number of hydrogen-bond donors (Lipinski definition) is 0. The van der Waals surface area contributed by atoms with Crippen LogP contribution in [-0.4, -0.2) is 48.7 Å². The van der Waals surface area contributed by atoms with E-state index < -0.39 is 0 Å². The second kappa shape index (κ2) is 9.80. The molecule has 0 atom stereocenters. The van der Waals surface area contributed by atoms with Crippen LogP contribution in [0.2, 0.25) is 0 Å². The number of nitrogens with zero attached hydrogens (tertiary/aromatic N) is 4. The second-order valence-corrected chi connectivity index (χ2v) is 6.74. The molecule has 2 aromatic carbocycles. The molecule has 154 valence electrons. The molecule has 4 rings (SSSR count). The van der Waals surface area contributed by atoms with Gasteiger partial charge in [0.1, 0.15) is 5.75 Å². The Morgan fingerprint density at radius 2 is 1.83 bits per heavy atom. The summed E-state index contributed by atoms with van der Waals surface area (Å²) in [5.41, 5.74) is 2.71. The summed E-state index contributed by atoms with van der Waals surface area (Å²) in [6.45, 7) is 2.89. The minimum atomic E-state index is -0.0227. The fourth-order valence-electron chi connectivity index (χ4n) is 2.99. The molecule has 8 heteroatoms. The Kier molecular flexibility index (Phi) is 6.46. The van der Waals surface area contributed by atoms with Gasteiger partial charge < -0.3 is 18.8 Å². The smallest absolute Gasteiger partial charge is 0.260 e. The van der Waals surface area contributed by atoms with Crippen molar-refractivity contribution in [2.45, 2.75) is 6.54 Å². The van der Waals surface area contributed by atoms with Gasteiger partial charge in [-0.2, -0.15) is 10.2 Å². The second-order valence-electron chi connectivity index (χ2n) is 6.74. The van der Waals surface area contributed by atoms with Gasteiger partial charge in [0, 0.05) is 18.7 Å². The summed E-state index contributed by atoms with van der Waals surface area (Å²) in [5.74, 6) is 1.35. The number of ether oxygens (including phenoxy) is 2. The van der Waals surface area contributed by atoms with Gasteiger partial charge in [0.15, 0.2) is 18.8 Å². The zero-order chi connectivity index (χ0) is 20.6. The number of hydrogen-bond acceptors (Lipinski definition) is 7. The van der Waals surface area contributed by atoms with E-state index in [1.54, 1.807) is 11.1 Å². The highest BCUT2D eigenvalue weighted by Gasteiger charge is 2.17. The highest BCUT2D eigenvalue weighted by Crippen LogP contribution is 2.22. The van der Waals surface area contributed by atoms with Crippen LogP contribution >= 0.6 is 0 Å². The first-order valence-electron chi connectivity index (χ1n) is 9.71. The normalized spacial score (nSPS) is 14.2. The third kappa shape index (κ3) is 5.30. The maximum atomic E-state index is 12.1. The zero-order valence-corrected chi connectivity index (χ0v) is 16.4. The first-order chi connectivity index (χ1) is 14.8. The van der Waals surface area contributed by atoms with Gasteiger partial charge in [-0.15, -0.1) is 0 Å². The summed E-state index contributed by atoms with van der Waals surface area (Å²) >= 11 is 0. The number of rotatable bonds is 7. The molecule has 2 heterocycles. The van der Waals surface area contributed by atoms with Crippen LogP contribution in [0.5, 0.6) is 5.75 Å². The predicted molar refractivity (Wildman–Crippen MR) is 109 cm³/mol. The Morgan fingerprint density at radius 1 is 1.07 bits per heavy atom. The Morgan fingerprint density at radius 3 is 2.53 bits per heavy atom. The van der Waals surface area contributed by atoms with E-state index in [0.29, 0.717) is 44.4 Å². The number of carbonyl (C=O) groups excluding carboxylic acids is 1. The van der Waals surface area contributed by atoms with E-state index in [4.69, 9.17) is 13.9 Å². The quantitative estimate of drug-likeness (QED) is 0.556. The summed E-state index contributed by atoms with van der Waals surface area (Å²) in [7, 11) is 0. The standard InChI is InChI=1S/C22H22N4O4/c27-22(26-9-11-28-12-10-26)15-29-20-7-1-17(2-8-20)13-24-25-19-5-3-18(4-6-19)21-14-23-16-30-21/h1-8,14,16H,9-13,15H2. The van der Waals surface area contributed by atoms with Crippen LogP contribution in [0, 0.1) is 0 Å². The molecule has 1 amide bonds. The SMILES string of the molecule is O=C(COc1ccc(CN=Nc2ccc(-c3cnco3)cc2)cc1)N1CCOCC1. The molecule has 1 aromatic heterocycles. The molecule has 8 nitrogen and oxygen atoms in total. The number of amides is 1. The summed E-state index contributed by atoms with van der Waals surface area (Å²) in [6, 6.07) is 15.1. The van der Waals surface area contributed by atoms with Crippen molar-refractivity contribution < 1.29 is 18.7 Å². The minimum Gasteiger partial charge on any atom is -0.484 e. The van der Waals surface area contributed by atoms with E-state index in [0.717, 1.165) is 16.8 Å². The number of azo groups is 1. The molecule has 0 saturated carbocycles. The zero-order valence-electron chi connectivity index (χ0n) is 16.4. The van der Waals surface area contributed by atoms with E-state index in [9.17, 15) is 4.79 Å². The lowest BCUT2D eigenvalue weighted by molar-refractivity contribution is -0.137. The van der Waals surface area contributed by atoms with Gasteiger partial charge in [-0.3, -0.25) is 4.79 Å². The van der Waals surface area contributed by atoms with Crippen LogP contribution in [0.4, 0.5) is 5.69 Å². The molecular formula is C22H22N4O4. The van der Waals surface area contributed by atoms with Gasteiger partial charge >= 0.3 is 0 Å². The van der Waals surface area contributed by atoms with Crippen molar-refractivity contribution in [2.24, 2.45) is 10.2 Å². The van der Waals surface area contributed by atoms with Crippen LogP contribution in [0.3, 0.4) is 0 Å². The molecular weight excluding hydrogens is 384 g/mol. The molecule has 30 heavy (non-hydrogen) atoms. The largest absolute Gasteiger partial charge is 0.484 e. The van der Waals surface area contributed by atoms with Gasteiger partial charge in [-0.05, 0) is 42.0 Å². The van der Waals surface area contributed by atoms with Crippen molar-refractivity contribution in [1.82, 2.24) is 9.88 Å². The fraction of sp³-hybridized carbons (Fsp3) is 0.273. The van der Waals surface area contributed by atoms with Gasteiger partial charge in [0.05, 0.1) is 31.6 Å². The fourth-order valence-corrected chi connectivity index (χ4v) is 2.99. The molecule has 1 aliphatic heterocycles. The summed E-state index contributed by atoms with van der Waals surface area (Å²) in [5, 5.41) is 8.49. The number of carbonyl (C=O) groups is 1. The number of aromatic nitrogens is 1. The Labute approximate surface area is 174 Å². The Bertz CT molecular complexity index is 963. The number of oxazole rings is 1. The third-order valence-corrected chi connectivity index (χ3v) is 4.67. The highest BCUT2D eigenvalue weighted by atomic mass is 16.5. The Balaban J connectivity index is 1.24. The van der Waals surface area contributed by atoms with Crippen LogP contribution in [0.15, 0.2) is 75.8 Å². The van der Waals surface area contributed by atoms with Crippen molar-refractivity contribution in [1.29, 1.82) is 0 Å². The van der Waals surface area contributed by atoms with E-state index in [1.165, 1.54) is 6.39 Å². The molecule has 0 spiro atoms. The monoisotopic (exact) mass is 406 g/mol. The lowest BCUT2D eigenvalue weighted by atomic mass is 10.2. The van der Waals surface area contributed by atoms with Crippen molar-refractivity contribution in [3.8, 4) is 17.1 Å². The van der Waals surface area contributed by atoms with Crippen LogP contribution in [0.1, 0.15) is 5.56 Å². The molecule has 0 unspecified atom stereocenters. The first-order valence-corrected chi connectivity index (χ1v) is 9.71. The molecule has 3 aromatic rings. The van der Waals surface area contributed by atoms with Crippen molar-refractivity contribution in [3.05, 3.63) is 66.7 Å². The third-order valence-electron chi connectivity index (χ3n) is 4.67. The van der Waals surface area contributed by atoms with Crippen LogP contribution < -0.4 is 4.74 Å². The van der Waals surface area contributed by atoms with Crippen LogP contribution in [0.25, 0.3) is 11.3 Å². The summed E-state index contributed by atoms with van der Waals surface area (Å²) < 4.78 is 16.1. The van der Waals surface area contributed by atoms with Gasteiger partial charge in [0.2, 0.25) is 0 Å². The topological polar surface area (TPSA) is 89.5 Å². The molecule has 1 aliphatic rings. The van der Waals surface area contributed by atoms with Gasteiger partial charge in [0.25, 0.3) is 5.91 Å². The van der Waals surface area contributed by atoms with E-state index in [1.807, 2.05) is 48.5 Å². The van der Waals surface area contributed by atoms with Crippen molar-refractivity contribution in [3.63, 3.8) is 0 Å². The molecule has 0 radical (unpaired) electrons. The highest BCUT2D eigenvalue weighted by molar-refractivity contribution is 5.77. The molecule has 0 N–H and O–H groups in total. The van der Waals surface area contributed by atoms with Crippen molar-refractivity contribution >= 4 is 11.6 Å². The van der Waals surface area contributed by atoms with Gasteiger partial charge in [-0.25, -0.2) is 4.98 Å². The van der Waals surface area contributed by atoms with E-state index >= 15 is 0 Å². The lowest BCUT2D eigenvalue weighted by Crippen LogP contribution is -2.42. The molecule has 1 fully saturated rings. The Hall–Kier alpha value is -3.52. The van der Waals surface area contributed by atoms with E-state index in [2.05, 4.69) is 15.2 Å². The summed E-state index contributed by atoms with van der Waals surface area (Å²) in [4.78, 5) is 17.8. The molecule has 0 bridgehead atoms. The average molecular weight is 406 g/mol. The first kappa shape index (κ1) is 19.8. The van der Waals surface area contributed by atoms with Gasteiger partial charge in [-0.1, -0.05) is 12.1 Å². The number of morpholine rings is 1. The number of benzene rings is 2. The predicted octanol–water partition coefficient (Wildman–Crippen LogP) is 3.86. The van der Waals surface area contributed by atoms with Crippen molar-refractivity contribution in [2.75, 3.05) is 32.9 Å².